The molecule has 0 unspecified atom stereocenters. The molecule has 2 heterocycles. The van der Waals surface area contributed by atoms with Crippen molar-refractivity contribution >= 4 is 39.7 Å². The average Bonchev–Trinajstić information content (AvgIpc) is 2.97. The van der Waals surface area contributed by atoms with Crippen molar-refractivity contribution in [1.82, 2.24) is 10.6 Å². The van der Waals surface area contributed by atoms with E-state index in [1.807, 2.05) is 26.8 Å². The van der Waals surface area contributed by atoms with Crippen molar-refractivity contribution in [2.24, 2.45) is 0 Å². The number of furan rings is 1. The molecule has 2 aromatic heterocycles. The molecular formula is C21H21N2O7-. The third kappa shape index (κ3) is 3.91. The first-order valence-electron chi connectivity index (χ1n) is 9.29. The standard InChI is InChI=1S/C21H22N2O7/c1-9-12(4)29-19-11(3)20-14(5-13(9)19)10(2)15(21(28)30-20)6-16(24)22-7-17(25)23-8-18(26)27/h5H,6-8H2,1-4H3,(H,22,24)(H,23,25)(H,26,27)/p-1. The number of carboxylic acid groups (broad SMARTS) is 1. The molecule has 0 aliphatic carbocycles. The summed E-state index contributed by atoms with van der Waals surface area (Å²) in [6.07, 6.45) is -0.279. The third-order valence-corrected chi connectivity index (χ3v) is 5.16. The van der Waals surface area contributed by atoms with Crippen LogP contribution in [0, 0.1) is 27.7 Å². The summed E-state index contributed by atoms with van der Waals surface area (Å²) >= 11 is 0. The van der Waals surface area contributed by atoms with Crippen LogP contribution in [0.2, 0.25) is 0 Å². The maximum Gasteiger partial charge on any atom is 0.340 e. The molecule has 3 rings (SSSR count). The van der Waals surface area contributed by atoms with E-state index < -0.39 is 36.5 Å². The predicted octanol–water partition coefficient (Wildman–Crippen LogP) is 0.298. The van der Waals surface area contributed by atoms with Crippen molar-refractivity contribution in [3.8, 4) is 0 Å². The third-order valence-electron chi connectivity index (χ3n) is 5.16. The van der Waals surface area contributed by atoms with Crippen molar-refractivity contribution in [2.45, 2.75) is 34.1 Å². The van der Waals surface area contributed by atoms with Crippen molar-refractivity contribution < 1.29 is 28.3 Å². The molecule has 3 aromatic rings. The minimum Gasteiger partial charge on any atom is -0.548 e. The molecule has 2 N–H and O–H groups in total. The van der Waals surface area contributed by atoms with Gasteiger partial charge in [-0.05, 0) is 44.9 Å². The van der Waals surface area contributed by atoms with Crippen molar-refractivity contribution in [2.75, 3.05) is 13.1 Å². The summed E-state index contributed by atoms with van der Waals surface area (Å²) < 4.78 is 11.3. The van der Waals surface area contributed by atoms with E-state index in [9.17, 15) is 24.3 Å². The summed E-state index contributed by atoms with van der Waals surface area (Å²) in [5, 5.41) is 16.4. The van der Waals surface area contributed by atoms with Gasteiger partial charge >= 0.3 is 5.63 Å². The fourth-order valence-corrected chi connectivity index (χ4v) is 3.33. The Labute approximate surface area is 171 Å². The Balaban J connectivity index is 1.89. The lowest BCUT2D eigenvalue weighted by Crippen LogP contribution is -2.43. The zero-order valence-electron chi connectivity index (χ0n) is 17.1. The van der Waals surface area contributed by atoms with E-state index in [1.165, 1.54) is 0 Å². The van der Waals surface area contributed by atoms with Crippen LogP contribution in [0.4, 0.5) is 0 Å². The summed E-state index contributed by atoms with van der Waals surface area (Å²) in [7, 11) is 0. The monoisotopic (exact) mass is 413 g/mol. The molecule has 9 heteroatoms. The number of rotatable bonds is 6. The molecule has 0 saturated carbocycles. The van der Waals surface area contributed by atoms with E-state index in [-0.39, 0.29) is 12.0 Å². The molecule has 158 valence electrons. The van der Waals surface area contributed by atoms with Gasteiger partial charge in [0.15, 0.2) is 0 Å². The molecule has 0 aliphatic heterocycles. The van der Waals surface area contributed by atoms with Gasteiger partial charge in [0, 0.05) is 16.3 Å². The number of carbonyl (C=O) groups excluding carboxylic acids is 3. The smallest absolute Gasteiger partial charge is 0.340 e. The van der Waals surface area contributed by atoms with Gasteiger partial charge < -0.3 is 29.4 Å². The second-order valence-electron chi connectivity index (χ2n) is 7.13. The molecule has 9 nitrogen and oxygen atoms in total. The Morgan fingerprint density at radius 1 is 0.867 bits per heavy atom. The summed E-state index contributed by atoms with van der Waals surface area (Å²) in [6.45, 7) is 6.29. The first-order valence-corrected chi connectivity index (χ1v) is 9.29. The zero-order valence-corrected chi connectivity index (χ0v) is 17.1. The largest absolute Gasteiger partial charge is 0.548 e. The molecule has 30 heavy (non-hydrogen) atoms. The maximum absolute atomic E-state index is 12.5. The van der Waals surface area contributed by atoms with Crippen LogP contribution in [0.15, 0.2) is 19.7 Å². The molecule has 0 bridgehead atoms. The lowest BCUT2D eigenvalue weighted by Gasteiger charge is -2.11. The molecular weight excluding hydrogens is 392 g/mol. The highest BCUT2D eigenvalue weighted by Gasteiger charge is 2.20. The minimum absolute atomic E-state index is 0.187. The minimum atomic E-state index is -1.44. The van der Waals surface area contributed by atoms with Gasteiger partial charge in [-0.15, -0.1) is 0 Å². The van der Waals surface area contributed by atoms with Crippen LogP contribution in [0.5, 0.6) is 0 Å². The topological polar surface area (TPSA) is 142 Å². The number of carbonyl (C=O) groups is 3. The quantitative estimate of drug-likeness (QED) is 0.554. The van der Waals surface area contributed by atoms with Gasteiger partial charge in [0.2, 0.25) is 11.8 Å². The average molecular weight is 413 g/mol. The van der Waals surface area contributed by atoms with E-state index in [4.69, 9.17) is 8.83 Å². The van der Waals surface area contributed by atoms with Gasteiger partial charge in [-0.25, -0.2) is 4.79 Å². The zero-order chi connectivity index (χ0) is 22.2. The van der Waals surface area contributed by atoms with Crippen molar-refractivity contribution in [1.29, 1.82) is 0 Å². The summed E-state index contributed by atoms with van der Waals surface area (Å²) in [5.41, 5.74) is 2.92. The number of amides is 2. The SMILES string of the molecule is Cc1oc2c(C)c3oc(=O)c(CC(=O)NCC(=O)NCC(=O)[O-])c(C)c3cc2c1C. The number of benzene rings is 1. The number of hydrogen-bond acceptors (Lipinski definition) is 7. The summed E-state index contributed by atoms with van der Waals surface area (Å²) in [6, 6.07) is 1.89. The van der Waals surface area contributed by atoms with E-state index in [0.717, 1.165) is 16.7 Å². The number of aliphatic carboxylic acids is 1. The van der Waals surface area contributed by atoms with Gasteiger partial charge in [-0.3, -0.25) is 9.59 Å². The molecule has 0 saturated heterocycles. The van der Waals surface area contributed by atoms with E-state index >= 15 is 0 Å². The highest BCUT2D eigenvalue weighted by Crippen LogP contribution is 2.34. The lowest BCUT2D eigenvalue weighted by molar-refractivity contribution is -0.304. The van der Waals surface area contributed by atoms with Crippen molar-refractivity contribution in [3.05, 3.63) is 44.5 Å². The van der Waals surface area contributed by atoms with E-state index in [2.05, 4.69) is 10.6 Å². The lowest BCUT2D eigenvalue weighted by atomic mass is 9.99. The highest BCUT2D eigenvalue weighted by atomic mass is 16.4. The van der Waals surface area contributed by atoms with Gasteiger partial charge in [0.1, 0.15) is 16.9 Å². The van der Waals surface area contributed by atoms with Crippen LogP contribution >= 0.6 is 0 Å². The number of hydrogen-bond donors (Lipinski definition) is 2. The van der Waals surface area contributed by atoms with Crippen LogP contribution < -0.4 is 21.4 Å². The van der Waals surface area contributed by atoms with E-state index in [1.54, 1.807) is 6.92 Å². The maximum atomic E-state index is 12.5. The number of nitrogens with one attached hydrogen (secondary N) is 2. The number of aryl methyl sites for hydroxylation is 4. The Morgan fingerprint density at radius 2 is 1.47 bits per heavy atom. The Bertz CT molecular complexity index is 1250. The fraction of sp³-hybridized carbons (Fsp3) is 0.333. The van der Waals surface area contributed by atoms with Gasteiger partial charge in [-0.2, -0.15) is 0 Å². The normalized spacial score (nSPS) is 11.1. The molecule has 1 aromatic carbocycles. The summed E-state index contributed by atoms with van der Waals surface area (Å²) in [4.78, 5) is 46.6. The van der Waals surface area contributed by atoms with Gasteiger partial charge in [0.25, 0.3) is 0 Å². The number of fused-ring (bicyclic) bond motifs is 2. The molecule has 0 aliphatic rings. The molecule has 0 spiro atoms. The second kappa shape index (κ2) is 8.02. The van der Waals surface area contributed by atoms with Gasteiger partial charge in [0.05, 0.1) is 31.0 Å². The van der Waals surface area contributed by atoms with Crippen LogP contribution in [0.3, 0.4) is 0 Å². The predicted molar refractivity (Wildman–Crippen MR) is 106 cm³/mol. The van der Waals surface area contributed by atoms with E-state index in [0.29, 0.717) is 27.7 Å². The van der Waals surface area contributed by atoms with Crippen LogP contribution in [0.25, 0.3) is 21.9 Å². The molecule has 0 atom stereocenters. The second-order valence-corrected chi connectivity index (χ2v) is 7.13. The van der Waals surface area contributed by atoms with Crippen LogP contribution in [-0.2, 0) is 20.8 Å². The molecule has 0 fully saturated rings. The molecule has 2 amide bonds. The van der Waals surface area contributed by atoms with Crippen LogP contribution in [-0.4, -0.2) is 30.9 Å². The molecule has 0 radical (unpaired) electrons. The summed E-state index contributed by atoms with van der Waals surface area (Å²) in [5.74, 6) is -1.91. The van der Waals surface area contributed by atoms with Gasteiger partial charge in [-0.1, -0.05) is 0 Å². The Hall–Kier alpha value is -3.62. The first-order chi connectivity index (χ1) is 14.1. The van der Waals surface area contributed by atoms with Crippen molar-refractivity contribution in [3.63, 3.8) is 0 Å². The highest BCUT2D eigenvalue weighted by molar-refractivity contribution is 6.00. The fourth-order valence-electron chi connectivity index (χ4n) is 3.33. The van der Waals surface area contributed by atoms with Crippen LogP contribution in [0.1, 0.15) is 28.0 Å². The first kappa shape index (κ1) is 21.1. The Kier molecular flexibility index (Phi) is 5.64. The Morgan fingerprint density at radius 3 is 2.13 bits per heavy atom. The number of carboxylic acids is 1.